The molecule has 18 heavy (non-hydrogen) atoms. The minimum absolute atomic E-state index is 0.266. The molecule has 0 amide bonds. The van der Waals surface area contributed by atoms with Crippen molar-refractivity contribution in [1.29, 1.82) is 0 Å². The highest BCUT2D eigenvalue weighted by Gasteiger charge is 2.19. The third kappa shape index (κ3) is 3.67. The first-order valence-corrected chi connectivity index (χ1v) is 6.87. The number of nitrogens with zero attached hydrogens (tertiary/aromatic N) is 2. The number of pyridine rings is 1. The molecule has 0 aliphatic carbocycles. The van der Waals surface area contributed by atoms with Crippen LogP contribution in [0.15, 0.2) is 18.3 Å². The summed E-state index contributed by atoms with van der Waals surface area (Å²) in [7, 11) is 0. The molecule has 1 fully saturated rings. The Morgan fingerprint density at radius 2 is 2.17 bits per heavy atom. The first kappa shape index (κ1) is 13.3. The van der Waals surface area contributed by atoms with E-state index in [4.69, 9.17) is 0 Å². The second kappa shape index (κ2) is 6.69. The van der Waals surface area contributed by atoms with Crippen molar-refractivity contribution in [1.82, 2.24) is 10.3 Å². The summed E-state index contributed by atoms with van der Waals surface area (Å²) in [6, 6.07) is 3.25. The van der Waals surface area contributed by atoms with E-state index in [1.54, 1.807) is 6.07 Å². The van der Waals surface area contributed by atoms with Gasteiger partial charge in [-0.3, -0.25) is 0 Å². The van der Waals surface area contributed by atoms with Crippen molar-refractivity contribution >= 4 is 5.82 Å². The lowest BCUT2D eigenvalue weighted by atomic mass is 9.97. The van der Waals surface area contributed by atoms with Crippen LogP contribution in [0.1, 0.15) is 26.2 Å². The number of rotatable bonds is 5. The van der Waals surface area contributed by atoms with Crippen molar-refractivity contribution in [3.05, 3.63) is 24.1 Å². The fourth-order valence-electron chi connectivity index (χ4n) is 2.40. The standard InChI is InChI=1S/C14H22FN3/c1-2-7-16-10-12-5-8-18(9-6-12)14-4-3-13(15)11-17-14/h3-4,11-12,16H,2,5-10H2,1H3. The molecule has 2 heterocycles. The van der Waals surface area contributed by atoms with Crippen molar-refractivity contribution in [3.63, 3.8) is 0 Å². The topological polar surface area (TPSA) is 28.2 Å². The molecule has 1 aliphatic heterocycles. The van der Waals surface area contributed by atoms with E-state index in [2.05, 4.69) is 22.1 Å². The molecule has 0 unspecified atom stereocenters. The summed E-state index contributed by atoms with van der Waals surface area (Å²) in [6.07, 6.45) is 4.87. The molecule has 0 aromatic carbocycles. The van der Waals surface area contributed by atoms with Crippen LogP contribution < -0.4 is 10.2 Å². The third-order valence-corrected chi connectivity index (χ3v) is 3.51. The molecule has 0 bridgehead atoms. The van der Waals surface area contributed by atoms with Gasteiger partial charge in [-0.1, -0.05) is 6.92 Å². The van der Waals surface area contributed by atoms with Crippen molar-refractivity contribution < 1.29 is 4.39 Å². The summed E-state index contributed by atoms with van der Waals surface area (Å²) in [4.78, 5) is 6.38. The second-order valence-corrected chi connectivity index (χ2v) is 4.97. The minimum Gasteiger partial charge on any atom is -0.357 e. The van der Waals surface area contributed by atoms with Gasteiger partial charge in [0.1, 0.15) is 11.6 Å². The van der Waals surface area contributed by atoms with Gasteiger partial charge in [-0.05, 0) is 50.4 Å². The lowest BCUT2D eigenvalue weighted by molar-refractivity contribution is 0.382. The van der Waals surface area contributed by atoms with Crippen molar-refractivity contribution in [3.8, 4) is 0 Å². The van der Waals surface area contributed by atoms with Gasteiger partial charge in [-0.2, -0.15) is 0 Å². The van der Waals surface area contributed by atoms with E-state index in [-0.39, 0.29) is 5.82 Å². The number of aromatic nitrogens is 1. The Kier molecular flexibility index (Phi) is 4.93. The SMILES string of the molecule is CCCNCC1CCN(c2ccc(F)cn2)CC1. The van der Waals surface area contributed by atoms with E-state index in [0.29, 0.717) is 0 Å². The molecular formula is C14H22FN3. The molecule has 0 spiro atoms. The highest BCUT2D eigenvalue weighted by Crippen LogP contribution is 2.21. The van der Waals surface area contributed by atoms with Crippen molar-refractivity contribution in [2.75, 3.05) is 31.1 Å². The Labute approximate surface area is 108 Å². The van der Waals surface area contributed by atoms with E-state index in [9.17, 15) is 4.39 Å². The number of halogens is 1. The molecular weight excluding hydrogens is 229 g/mol. The van der Waals surface area contributed by atoms with E-state index in [1.807, 2.05) is 0 Å². The minimum atomic E-state index is -0.266. The maximum atomic E-state index is 12.8. The second-order valence-electron chi connectivity index (χ2n) is 4.97. The van der Waals surface area contributed by atoms with E-state index in [1.165, 1.54) is 31.5 Å². The quantitative estimate of drug-likeness (QED) is 0.815. The van der Waals surface area contributed by atoms with Crippen LogP contribution in [0, 0.1) is 11.7 Å². The molecule has 1 saturated heterocycles. The Morgan fingerprint density at radius 1 is 1.39 bits per heavy atom. The Hall–Kier alpha value is -1.16. The summed E-state index contributed by atoms with van der Waals surface area (Å²) < 4.78 is 12.8. The predicted octanol–water partition coefficient (Wildman–Crippen LogP) is 2.44. The van der Waals surface area contributed by atoms with Crippen LogP contribution in [0.2, 0.25) is 0 Å². The average molecular weight is 251 g/mol. The molecule has 0 saturated carbocycles. The normalized spacial score (nSPS) is 17.1. The molecule has 100 valence electrons. The molecule has 3 nitrogen and oxygen atoms in total. The molecule has 1 aliphatic rings. The number of nitrogens with one attached hydrogen (secondary N) is 1. The van der Waals surface area contributed by atoms with Crippen LogP contribution in [-0.2, 0) is 0 Å². The average Bonchev–Trinajstić information content (AvgIpc) is 2.41. The van der Waals surface area contributed by atoms with Crippen molar-refractivity contribution in [2.24, 2.45) is 5.92 Å². The van der Waals surface area contributed by atoms with Gasteiger partial charge in [-0.15, -0.1) is 0 Å². The Bertz CT molecular complexity index is 345. The van der Waals surface area contributed by atoms with Gasteiger partial charge in [0.05, 0.1) is 6.20 Å². The molecule has 1 aromatic heterocycles. The summed E-state index contributed by atoms with van der Waals surface area (Å²) in [5, 5.41) is 3.48. The fourth-order valence-corrected chi connectivity index (χ4v) is 2.40. The van der Waals surface area contributed by atoms with E-state index in [0.717, 1.165) is 37.9 Å². The lowest BCUT2D eigenvalue weighted by Crippen LogP contribution is -2.37. The van der Waals surface area contributed by atoms with Gasteiger partial charge < -0.3 is 10.2 Å². The zero-order valence-corrected chi connectivity index (χ0v) is 11.0. The monoisotopic (exact) mass is 251 g/mol. The van der Waals surface area contributed by atoms with Gasteiger partial charge in [0.15, 0.2) is 0 Å². The largest absolute Gasteiger partial charge is 0.357 e. The highest BCUT2D eigenvalue weighted by atomic mass is 19.1. The summed E-state index contributed by atoms with van der Waals surface area (Å²) in [5.74, 6) is 1.40. The van der Waals surface area contributed by atoms with Crippen LogP contribution in [0.3, 0.4) is 0 Å². The molecule has 0 radical (unpaired) electrons. The number of hydrogen-bond acceptors (Lipinski definition) is 3. The number of anilines is 1. The van der Waals surface area contributed by atoms with Crippen LogP contribution in [0.4, 0.5) is 10.2 Å². The van der Waals surface area contributed by atoms with E-state index >= 15 is 0 Å². The van der Waals surface area contributed by atoms with E-state index < -0.39 is 0 Å². The summed E-state index contributed by atoms with van der Waals surface area (Å²) >= 11 is 0. The first-order valence-electron chi connectivity index (χ1n) is 6.87. The lowest BCUT2D eigenvalue weighted by Gasteiger charge is -2.32. The maximum Gasteiger partial charge on any atom is 0.141 e. The smallest absolute Gasteiger partial charge is 0.141 e. The van der Waals surface area contributed by atoms with Crippen molar-refractivity contribution in [2.45, 2.75) is 26.2 Å². The molecule has 4 heteroatoms. The Morgan fingerprint density at radius 3 is 2.78 bits per heavy atom. The van der Waals surface area contributed by atoms with Crippen LogP contribution in [0.5, 0.6) is 0 Å². The number of piperidine rings is 1. The first-order chi connectivity index (χ1) is 8.79. The molecule has 0 atom stereocenters. The van der Waals surface area contributed by atoms with Crippen LogP contribution in [-0.4, -0.2) is 31.2 Å². The van der Waals surface area contributed by atoms with Gasteiger partial charge in [0.2, 0.25) is 0 Å². The zero-order chi connectivity index (χ0) is 12.8. The van der Waals surface area contributed by atoms with Gasteiger partial charge in [0.25, 0.3) is 0 Å². The molecule has 2 rings (SSSR count). The van der Waals surface area contributed by atoms with Gasteiger partial charge in [-0.25, -0.2) is 9.37 Å². The van der Waals surface area contributed by atoms with Gasteiger partial charge in [0, 0.05) is 13.1 Å². The maximum absolute atomic E-state index is 12.8. The van der Waals surface area contributed by atoms with Gasteiger partial charge >= 0.3 is 0 Å². The van der Waals surface area contributed by atoms with Crippen LogP contribution >= 0.6 is 0 Å². The molecule has 1 N–H and O–H groups in total. The molecule has 1 aromatic rings. The summed E-state index contributed by atoms with van der Waals surface area (Å²) in [6.45, 7) is 6.47. The fraction of sp³-hybridized carbons (Fsp3) is 0.643. The highest BCUT2D eigenvalue weighted by molar-refractivity contribution is 5.38. The Balaban J connectivity index is 1.77. The zero-order valence-electron chi connectivity index (χ0n) is 11.0. The predicted molar refractivity (Wildman–Crippen MR) is 72.3 cm³/mol. The van der Waals surface area contributed by atoms with Crippen LogP contribution in [0.25, 0.3) is 0 Å². The number of hydrogen-bond donors (Lipinski definition) is 1. The summed E-state index contributed by atoms with van der Waals surface area (Å²) in [5.41, 5.74) is 0. The third-order valence-electron chi connectivity index (χ3n) is 3.51.